The van der Waals surface area contributed by atoms with Crippen LogP contribution in [0.1, 0.15) is 26.4 Å². The van der Waals surface area contributed by atoms with Gasteiger partial charge in [0.05, 0.1) is 28.8 Å². The summed E-state index contributed by atoms with van der Waals surface area (Å²) in [5.41, 5.74) is 1.50. The number of aryl methyl sites for hydroxylation is 1. The average Bonchev–Trinajstić information content (AvgIpc) is 2.99. The largest absolute Gasteiger partial charge is 0.465 e. The predicted octanol–water partition coefficient (Wildman–Crippen LogP) is 2.79. The summed E-state index contributed by atoms with van der Waals surface area (Å²) in [5, 5.41) is 0.459. The van der Waals surface area contributed by atoms with Crippen molar-refractivity contribution in [2.75, 3.05) is 7.11 Å². The third kappa shape index (κ3) is 2.83. The number of aldehydes is 1. The Bertz CT molecular complexity index is 1080. The molecule has 0 amide bonds. The highest BCUT2D eigenvalue weighted by atomic mass is 32.2. The van der Waals surface area contributed by atoms with Gasteiger partial charge in [-0.15, -0.1) is 0 Å². The number of esters is 1. The quantitative estimate of drug-likeness (QED) is 0.530. The maximum Gasteiger partial charge on any atom is 0.337 e. The lowest BCUT2D eigenvalue weighted by Crippen LogP contribution is -2.15. The number of ether oxygens (including phenoxy) is 1. The maximum absolute atomic E-state index is 13.0. The first-order chi connectivity index (χ1) is 11.9. The van der Waals surface area contributed by atoms with Crippen LogP contribution in [-0.2, 0) is 14.8 Å². The minimum atomic E-state index is -3.95. The van der Waals surface area contributed by atoms with Crippen molar-refractivity contribution < 1.29 is 22.7 Å². The highest BCUT2D eigenvalue weighted by Crippen LogP contribution is 2.26. The lowest BCUT2D eigenvalue weighted by Gasteiger charge is -2.10. The van der Waals surface area contributed by atoms with E-state index in [-0.39, 0.29) is 16.2 Å². The Hall–Kier alpha value is -2.93. The van der Waals surface area contributed by atoms with Crippen molar-refractivity contribution in [2.45, 2.75) is 11.8 Å². The Morgan fingerprint density at radius 1 is 1.08 bits per heavy atom. The fourth-order valence-corrected chi connectivity index (χ4v) is 4.11. The number of rotatable bonds is 4. The maximum atomic E-state index is 13.0. The van der Waals surface area contributed by atoms with Crippen LogP contribution in [0.5, 0.6) is 0 Å². The number of carbonyl (C=O) groups excluding carboxylic acids is 2. The normalized spacial score (nSPS) is 11.4. The van der Waals surface area contributed by atoms with Crippen molar-refractivity contribution in [1.29, 1.82) is 0 Å². The predicted molar refractivity (Wildman–Crippen MR) is 92.4 cm³/mol. The molecule has 1 heterocycles. The second-order valence-corrected chi connectivity index (χ2v) is 7.32. The molecule has 0 unspecified atom stereocenters. The highest BCUT2D eigenvalue weighted by Gasteiger charge is 2.23. The Kier molecular flexibility index (Phi) is 4.18. The molecule has 0 aliphatic rings. The van der Waals surface area contributed by atoms with E-state index in [1.54, 1.807) is 12.1 Å². The van der Waals surface area contributed by atoms with Crippen molar-refractivity contribution in [3.8, 4) is 0 Å². The molecule has 0 aliphatic carbocycles. The molecule has 0 atom stereocenters. The number of methoxy groups -OCH3 is 1. The zero-order valence-corrected chi connectivity index (χ0v) is 14.4. The number of nitrogens with zero attached hydrogens (tertiary/aromatic N) is 1. The number of carbonyl (C=O) groups is 2. The van der Waals surface area contributed by atoms with Crippen LogP contribution in [-0.4, -0.2) is 31.8 Å². The minimum absolute atomic E-state index is 0.0161. The van der Waals surface area contributed by atoms with Crippen molar-refractivity contribution in [3.63, 3.8) is 0 Å². The zero-order valence-electron chi connectivity index (χ0n) is 13.6. The van der Waals surface area contributed by atoms with Crippen molar-refractivity contribution >= 4 is 33.2 Å². The van der Waals surface area contributed by atoms with Gasteiger partial charge in [-0.05, 0) is 43.3 Å². The van der Waals surface area contributed by atoms with Crippen LogP contribution in [0.25, 0.3) is 10.9 Å². The number of hydrogen-bond acceptors (Lipinski definition) is 5. The van der Waals surface area contributed by atoms with Gasteiger partial charge < -0.3 is 4.74 Å². The number of benzene rings is 2. The molecule has 0 spiro atoms. The topological polar surface area (TPSA) is 82.4 Å². The van der Waals surface area contributed by atoms with E-state index in [1.165, 1.54) is 43.5 Å². The molecule has 0 radical (unpaired) electrons. The number of hydrogen-bond donors (Lipinski definition) is 0. The summed E-state index contributed by atoms with van der Waals surface area (Å²) in [6, 6.07) is 12.2. The summed E-state index contributed by atoms with van der Waals surface area (Å²) in [4.78, 5) is 23.2. The standard InChI is InChI=1S/C18H15NO5S/c1-12-3-6-16(7-4-12)25(22,23)19-15(11-20)10-14-9-13(18(21)24-2)5-8-17(14)19/h3-11H,1-2H3. The van der Waals surface area contributed by atoms with Crippen LogP contribution in [0.15, 0.2) is 53.4 Å². The van der Waals surface area contributed by atoms with Gasteiger partial charge in [0, 0.05) is 5.39 Å². The van der Waals surface area contributed by atoms with Crippen LogP contribution in [0.2, 0.25) is 0 Å². The summed E-state index contributed by atoms with van der Waals surface area (Å²) in [5.74, 6) is -0.538. The molecule has 0 saturated carbocycles. The van der Waals surface area contributed by atoms with Crippen LogP contribution >= 0.6 is 0 Å². The third-order valence-corrected chi connectivity index (χ3v) is 5.64. The van der Waals surface area contributed by atoms with E-state index in [9.17, 15) is 18.0 Å². The minimum Gasteiger partial charge on any atom is -0.465 e. The summed E-state index contributed by atoms with van der Waals surface area (Å²) in [6.07, 6.45) is 0.476. The molecule has 0 aliphatic heterocycles. The third-order valence-electron chi connectivity index (χ3n) is 3.89. The fraction of sp³-hybridized carbons (Fsp3) is 0.111. The van der Waals surface area contributed by atoms with E-state index in [2.05, 4.69) is 4.74 Å². The van der Waals surface area contributed by atoms with E-state index in [1.807, 2.05) is 6.92 Å². The van der Waals surface area contributed by atoms with Crippen LogP contribution in [0.3, 0.4) is 0 Å². The van der Waals surface area contributed by atoms with E-state index in [4.69, 9.17) is 0 Å². The van der Waals surface area contributed by atoms with Gasteiger partial charge in [-0.25, -0.2) is 17.2 Å². The van der Waals surface area contributed by atoms with E-state index in [0.29, 0.717) is 17.2 Å². The van der Waals surface area contributed by atoms with Crippen LogP contribution < -0.4 is 0 Å². The van der Waals surface area contributed by atoms with Crippen molar-refractivity contribution in [1.82, 2.24) is 3.97 Å². The molecule has 0 saturated heterocycles. The number of fused-ring (bicyclic) bond motifs is 1. The van der Waals surface area contributed by atoms with Gasteiger partial charge in [0.25, 0.3) is 10.0 Å². The van der Waals surface area contributed by atoms with Gasteiger partial charge in [0.1, 0.15) is 0 Å². The molecular formula is C18H15NO5S. The molecule has 0 bridgehead atoms. The first kappa shape index (κ1) is 16.9. The average molecular weight is 357 g/mol. The van der Waals surface area contributed by atoms with Gasteiger partial charge in [0.2, 0.25) is 0 Å². The molecule has 2 aromatic carbocycles. The molecule has 0 fully saturated rings. The molecule has 25 heavy (non-hydrogen) atoms. The molecule has 6 nitrogen and oxygen atoms in total. The number of aromatic nitrogens is 1. The van der Waals surface area contributed by atoms with Crippen LogP contribution in [0, 0.1) is 6.92 Å². The lowest BCUT2D eigenvalue weighted by molar-refractivity contribution is 0.0601. The van der Waals surface area contributed by atoms with Crippen molar-refractivity contribution in [2.24, 2.45) is 0 Å². The second kappa shape index (κ2) is 6.18. The second-order valence-electron chi connectivity index (χ2n) is 5.53. The van der Waals surface area contributed by atoms with E-state index >= 15 is 0 Å². The monoisotopic (exact) mass is 357 g/mol. The molecule has 3 rings (SSSR count). The zero-order chi connectivity index (χ0) is 18.2. The lowest BCUT2D eigenvalue weighted by atomic mass is 10.1. The summed E-state index contributed by atoms with van der Waals surface area (Å²) < 4.78 is 31.6. The van der Waals surface area contributed by atoms with Gasteiger partial charge in [-0.2, -0.15) is 0 Å². The van der Waals surface area contributed by atoms with Gasteiger partial charge in [-0.3, -0.25) is 4.79 Å². The Morgan fingerprint density at radius 2 is 1.76 bits per heavy atom. The van der Waals surface area contributed by atoms with Gasteiger partial charge >= 0.3 is 5.97 Å². The molecule has 1 aromatic heterocycles. The molecule has 3 aromatic rings. The first-order valence-corrected chi connectivity index (χ1v) is 8.83. The van der Waals surface area contributed by atoms with Gasteiger partial charge in [0.15, 0.2) is 6.29 Å². The molecule has 7 heteroatoms. The van der Waals surface area contributed by atoms with E-state index < -0.39 is 16.0 Å². The van der Waals surface area contributed by atoms with Crippen LogP contribution in [0.4, 0.5) is 0 Å². The van der Waals surface area contributed by atoms with E-state index in [0.717, 1.165) is 9.54 Å². The smallest absolute Gasteiger partial charge is 0.337 e. The highest BCUT2D eigenvalue weighted by molar-refractivity contribution is 7.90. The molecular weight excluding hydrogens is 342 g/mol. The Balaban J connectivity index is 2.26. The Labute approximate surface area is 144 Å². The summed E-state index contributed by atoms with van der Waals surface area (Å²) >= 11 is 0. The Morgan fingerprint density at radius 3 is 2.36 bits per heavy atom. The summed E-state index contributed by atoms with van der Waals surface area (Å²) in [7, 11) is -2.69. The first-order valence-electron chi connectivity index (χ1n) is 7.39. The van der Waals surface area contributed by atoms with Gasteiger partial charge in [-0.1, -0.05) is 17.7 Å². The molecule has 128 valence electrons. The van der Waals surface area contributed by atoms with Crippen molar-refractivity contribution in [3.05, 3.63) is 65.4 Å². The SMILES string of the molecule is COC(=O)c1ccc2c(c1)cc(C=O)n2S(=O)(=O)c1ccc(C)cc1. The summed E-state index contributed by atoms with van der Waals surface area (Å²) in [6.45, 7) is 1.85. The molecule has 0 N–H and O–H groups in total. The fourth-order valence-electron chi connectivity index (χ4n) is 2.62.